The summed E-state index contributed by atoms with van der Waals surface area (Å²) in [6.07, 6.45) is 8.00. The zero-order valence-electron chi connectivity index (χ0n) is 19.7. The molecule has 1 aromatic carbocycles. The molecule has 0 amide bonds. The van der Waals surface area contributed by atoms with Crippen molar-refractivity contribution in [1.29, 1.82) is 0 Å². The lowest BCUT2D eigenvalue weighted by molar-refractivity contribution is -0.145. The fraction of sp³-hybridized carbons (Fsp3) is 0.600. The van der Waals surface area contributed by atoms with Crippen LogP contribution in [0.2, 0.25) is 0 Å². The van der Waals surface area contributed by atoms with Gasteiger partial charge in [-0.2, -0.15) is 0 Å². The molecule has 2 saturated carbocycles. The predicted molar refractivity (Wildman–Crippen MR) is 127 cm³/mol. The van der Waals surface area contributed by atoms with Gasteiger partial charge >= 0.3 is 5.97 Å². The molecule has 3 fully saturated rings. The molecule has 182 valence electrons. The summed E-state index contributed by atoms with van der Waals surface area (Å²) >= 11 is 0. The minimum Gasteiger partial charge on any atom is -0.505 e. The maximum atomic E-state index is 13.1. The number of nitrogens with one attached hydrogen (secondary N) is 1. The summed E-state index contributed by atoms with van der Waals surface area (Å²) in [7, 11) is 0. The quantitative estimate of drug-likeness (QED) is 0.532. The number of phenols is 1. The van der Waals surface area contributed by atoms with E-state index in [0.29, 0.717) is 24.1 Å². The number of likely N-dealkylation sites (tertiary alicyclic amines) is 1. The Morgan fingerprint density at radius 3 is 2.41 bits per heavy atom. The Morgan fingerprint density at radius 1 is 1.06 bits per heavy atom. The van der Waals surface area contributed by atoms with Gasteiger partial charge in [-0.15, -0.1) is 10.2 Å². The first kappa shape index (κ1) is 22.8. The van der Waals surface area contributed by atoms with Crippen LogP contribution in [0.25, 0.3) is 0 Å². The molecule has 0 unspecified atom stereocenters. The third-order valence-corrected chi connectivity index (χ3v) is 7.90. The number of H-pyrrole nitrogens is 1. The number of aryl methyl sites for hydroxylation is 1. The topological polar surface area (TPSA) is 123 Å². The Kier molecular flexibility index (Phi) is 6.06. The third kappa shape index (κ3) is 4.06. The number of phenolic OH excluding ortho intramolecular Hbond substituents is 1. The number of benzene rings is 1. The third-order valence-electron chi connectivity index (χ3n) is 7.90. The molecule has 34 heavy (non-hydrogen) atoms. The van der Waals surface area contributed by atoms with E-state index in [1.807, 2.05) is 0 Å². The van der Waals surface area contributed by atoms with Gasteiger partial charge in [0.25, 0.3) is 5.56 Å². The van der Waals surface area contributed by atoms with Gasteiger partial charge in [0.1, 0.15) is 11.4 Å². The van der Waals surface area contributed by atoms with E-state index < -0.39 is 11.4 Å². The number of nitrogens with zero attached hydrogens (tertiary/aromatic N) is 4. The zero-order valence-corrected chi connectivity index (χ0v) is 19.7. The zero-order chi connectivity index (χ0) is 23.9. The molecule has 2 aliphatic carbocycles. The van der Waals surface area contributed by atoms with Crippen LogP contribution in [0.1, 0.15) is 75.1 Å². The molecule has 0 radical (unpaired) electrons. The molecule has 0 atom stereocenters. The molecule has 9 heteroatoms. The van der Waals surface area contributed by atoms with Crippen LogP contribution >= 0.6 is 0 Å². The molecular weight excluding hydrogens is 434 g/mol. The van der Waals surface area contributed by atoms with E-state index in [4.69, 9.17) is 0 Å². The van der Waals surface area contributed by atoms with Gasteiger partial charge in [-0.1, -0.05) is 31.4 Å². The van der Waals surface area contributed by atoms with Gasteiger partial charge in [-0.25, -0.2) is 4.68 Å². The Labute approximate surface area is 198 Å². The van der Waals surface area contributed by atoms with E-state index in [-0.39, 0.29) is 28.7 Å². The van der Waals surface area contributed by atoms with Crippen LogP contribution in [0, 0.1) is 6.92 Å². The van der Waals surface area contributed by atoms with Crippen molar-refractivity contribution in [2.24, 2.45) is 10.2 Å². The monoisotopic (exact) mass is 467 g/mol. The minimum atomic E-state index is -1.11. The van der Waals surface area contributed by atoms with Crippen LogP contribution in [-0.2, 0) is 10.2 Å². The normalized spacial score (nSPS) is 21.8. The molecule has 0 bridgehead atoms. The SMILES string of the molecule is Cc1[nH]n(C2CCN(C3CC3)CC2)c(=O)c1N=Nc1cccc(C2(C(=O)O)CCCCC2)c1O. The van der Waals surface area contributed by atoms with Crippen molar-refractivity contribution in [2.75, 3.05) is 13.1 Å². The van der Waals surface area contributed by atoms with Crippen LogP contribution in [0.3, 0.4) is 0 Å². The second kappa shape index (κ2) is 9.02. The number of rotatable bonds is 6. The van der Waals surface area contributed by atoms with E-state index in [0.717, 1.165) is 51.2 Å². The molecule has 1 aromatic heterocycles. The average molecular weight is 468 g/mol. The van der Waals surface area contributed by atoms with E-state index in [1.165, 1.54) is 12.8 Å². The lowest BCUT2D eigenvalue weighted by Crippen LogP contribution is -2.38. The molecule has 3 N–H and O–H groups in total. The van der Waals surface area contributed by atoms with Gasteiger partial charge in [-0.05, 0) is 51.5 Å². The highest BCUT2D eigenvalue weighted by Gasteiger charge is 2.43. The predicted octanol–water partition coefficient (Wildman–Crippen LogP) is 4.69. The average Bonchev–Trinajstić information content (AvgIpc) is 3.65. The van der Waals surface area contributed by atoms with Crippen molar-refractivity contribution in [1.82, 2.24) is 14.7 Å². The first-order valence-corrected chi connectivity index (χ1v) is 12.4. The van der Waals surface area contributed by atoms with Gasteiger partial charge in [0, 0.05) is 24.7 Å². The standard InChI is InChI=1S/C25H33N5O4/c1-16-21(23(32)30(28-16)18-10-14-29(15-11-18)17-8-9-17)27-26-20-7-5-6-19(22(20)31)25(24(33)34)12-3-2-4-13-25/h5-7,17-18,28,31H,2-4,8-15H2,1H3,(H,33,34). The Hall–Kier alpha value is -2.94. The molecule has 2 aromatic rings. The van der Waals surface area contributed by atoms with E-state index in [1.54, 1.807) is 29.8 Å². The number of hydrogen-bond donors (Lipinski definition) is 3. The summed E-state index contributed by atoms with van der Waals surface area (Å²) in [5.41, 5.74) is 0.0778. The first-order valence-electron chi connectivity index (χ1n) is 12.4. The number of azo groups is 1. The lowest BCUT2D eigenvalue weighted by Gasteiger charge is -2.34. The van der Waals surface area contributed by atoms with Crippen molar-refractivity contribution in [3.05, 3.63) is 39.8 Å². The number of carbonyl (C=O) groups is 1. The maximum Gasteiger partial charge on any atom is 0.314 e. The van der Waals surface area contributed by atoms with Crippen LogP contribution < -0.4 is 5.56 Å². The van der Waals surface area contributed by atoms with Crippen molar-refractivity contribution >= 4 is 17.3 Å². The van der Waals surface area contributed by atoms with Crippen LogP contribution in [0.5, 0.6) is 5.75 Å². The van der Waals surface area contributed by atoms with Crippen molar-refractivity contribution in [3.8, 4) is 5.75 Å². The fourth-order valence-electron chi connectivity index (χ4n) is 5.74. The molecule has 3 aliphatic rings. The van der Waals surface area contributed by atoms with Gasteiger partial charge < -0.3 is 15.1 Å². The van der Waals surface area contributed by atoms with Crippen molar-refractivity contribution in [2.45, 2.75) is 82.2 Å². The number of hydrogen-bond acceptors (Lipinski definition) is 6. The smallest absolute Gasteiger partial charge is 0.314 e. The Bertz CT molecular complexity index is 1150. The van der Waals surface area contributed by atoms with E-state index in [9.17, 15) is 19.8 Å². The number of aromatic nitrogens is 2. The van der Waals surface area contributed by atoms with Crippen LogP contribution in [0.4, 0.5) is 11.4 Å². The number of aromatic hydroxyl groups is 1. The van der Waals surface area contributed by atoms with Gasteiger partial charge in [0.15, 0.2) is 5.69 Å². The summed E-state index contributed by atoms with van der Waals surface area (Å²) in [6.45, 7) is 3.80. The molecule has 1 saturated heterocycles. The number of para-hydroxylation sites is 1. The van der Waals surface area contributed by atoms with Gasteiger partial charge in [0.05, 0.1) is 17.2 Å². The minimum absolute atomic E-state index is 0.114. The summed E-state index contributed by atoms with van der Waals surface area (Å²) in [5, 5.41) is 32.5. The lowest BCUT2D eigenvalue weighted by atomic mass is 9.69. The van der Waals surface area contributed by atoms with Crippen LogP contribution in [-0.4, -0.2) is 50.0 Å². The number of aromatic amines is 1. The summed E-state index contributed by atoms with van der Waals surface area (Å²) < 4.78 is 1.67. The number of carboxylic acids is 1. The number of piperidine rings is 1. The molecule has 9 nitrogen and oxygen atoms in total. The molecule has 5 rings (SSSR count). The first-order chi connectivity index (χ1) is 16.4. The van der Waals surface area contributed by atoms with Crippen molar-refractivity contribution in [3.63, 3.8) is 0 Å². The molecular formula is C25H33N5O4. The Morgan fingerprint density at radius 2 is 1.76 bits per heavy atom. The molecule has 1 aliphatic heterocycles. The molecule has 0 spiro atoms. The highest BCUT2D eigenvalue weighted by atomic mass is 16.4. The van der Waals surface area contributed by atoms with Gasteiger partial charge in [0.2, 0.25) is 0 Å². The van der Waals surface area contributed by atoms with E-state index in [2.05, 4.69) is 20.2 Å². The van der Waals surface area contributed by atoms with Crippen molar-refractivity contribution < 1.29 is 15.0 Å². The summed E-state index contributed by atoms with van der Waals surface area (Å²) in [4.78, 5) is 27.8. The summed E-state index contributed by atoms with van der Waals surface area (Å²) in [5.74, 6) is -1.09. The summed E-state index contributed by atoms with van der Waals surface area (Å²) in [6, 6.07) is 5.80. The highest BCUT2D eigenvalue weighted by molar-refractivity contribution is 5.83. The Balaban J connectivity index is 1.39. The second-order valence-electron chi connectivity index (χ2n) is 10.1. The highest BCUT2D eigenvalue weighted by Crippen LogP contribution is 2.46. The number of carboxylic acid groups (broad SMARTS) is 1. The largest absolute Gasteiger partial charge is 0.505 e. The molecule has 2 heterocycles. The van der Waals surface area contributed by atoms with Gasteiger partial charge in [-0.3, -0.25) is 14.7 Å². The van der Waals surface area contributed by atoms with Crippen LogP contribution in [0.15, 0.2) is 33.2 Å². The number of aliphatic carboxylic acids is 1. The van der Waals surface area contributed by atoms with E-state index >= 15 is 0 Å². The fourth-order valence-corrected chi connectivity index (χ4v) is 5.74. The second-order valence-corrected chi connectivity index (χ2v) is 10.1. The maximum absolute atomic E-state index is 13.1.